The Kier molecular flexibility index (Phi) is 13.7. The highest BCUT2D eigenvalue weighted by molar-refractivity contribution is 5.85. The van der Waals surface area contributed by atoms with Crippen molar-refractivity contribution in [1.29, 1.82) is 0 Å². The molecule has 1 aromatic carbocycles. The third-order valence-corrected chi connectivity index (χ3v) is 4.60. The highest BCUT2D eigenvalue weighted by Crippen LogP contribution is 2.12. The van der Waals surface area contributed by atoms with Gasteiger partial charge in [-0.15, -0.1) is 24.8 Å². The van der Waals surface area contributed by atoms with E-state index in [1.165, 1.54) is 51.7 Å². The predicted octanol–water partition coefficient (Wildman–Crippen LogP) is 3.82. The van der Waals surface area contributed by atoms with Crippen LogP contribution >= 0.6 is 24.8 Å². The van der Waals surface area contributed by atoms with E-state index in [0.29, 0.717) is 12.8 Å². The van der Waals surface area contributed by atoms with E-state index in [-0.39, 0.29) is 30.7 Å². The monoisotopic (exact) mass is 389 g/mol. The van der Waals surface area contributed by atoms with E-state index < -0.39 is 0 Å². The van der Waals surface area contributed by atoms with Gasteiger partial charge >= 0.3 is 0 Å². The number of carbonyl (C=O) groups is 1. The van der Waals surface area contributed by atoms with E-state index in [4.69, 9.17) is 5.73 Å². The number of nitrogens with zero attached hydrogens (tertiary/aromatic N) is 1. The van der Waals surface area contributed by atoms with Crippen LogP contribution in [0.3, 0.4) is 0 Å². The van der Waals surface area contributed by atoms with Gasteiger partial charge in [-0.05, 0) is 63.4 Å². The minimum Gasteiger partial charge on any atom is -0.399 e. The van der Waals surface area contributed by atoms with Crippen LogP contribution in [0.1, 0.15) is 50.5 Å². The number of unbranched alkanes of at least 4 members (excludes halogenated alkanes) is 2. The standard InChI is InChI=1S/C19H31N3O.2ClH/c20-18-10-4-3-9-17(18)11-12-19(23)21-13-5-1-6-14-22-15-7-2-8-16-22;;/h3-4,9-10H,1-2,5-8,11-16,20H2,(H,21,23);2*1H. The molecule has 1 aromatic rings. The number of nitrogens with two attached hydrogens (primary N) is 1. The first-order chi connectivity index (χ1) is 11.3. The summed E-state index contributed by atoms with van der Waals surface area (Å²) < 4.78 is 0. The number of aryl methyl sites for hydroxylation is 1. The number of nitrogens with one attached hydrogen (secondary N) is 1. The Hall–Kier alpha value is -0.970. The third-order valence-electron chi connectivity index (χ3n) is 4.60. The van der Waals surface area contributed by atoms with Crippen molar-refractivity contribution in [3.8, 4) is 0 Å². The number of nitrogen functional groups attached to an aromatic ring is 1. The van der Waals surface area contributed by atoms with E-state index in [1.54, 1.807) is 0 Å². The first-order valence-electron chi connectivity index (χ1n) is 9.08. The van der Waals surface area contributed by atoms with Gasteiger partial charge in [-0.3, -0.25) is 4.79 Å². The van der Waals surface area contributed by atoms with E-state index in [1.807, 2.05) is 24.3 Å². The fourth-order valence-corrected chi connectivity index (χ4v) is 3.15. The van der Waals surface area contributed by atoms with Crippen LogP contribution in [0.5, 0.6) is 0 Å². The average molecular weight is 390 g/mol. The molecule has 2 rings (SSSR count). The molecule has 1 aliphatic heterocycles. The second-order valence-corrected chi connectivity index (χ2v) is 6.51. The molecule has 0 bridgehead atoms. The van der Waals surface area contributed by atoms with Crippen LogP contribution in [-0.4, -0.2) is 37.0 Å². The zero-order valence-electron chi connectivity index (χ0n) is 15.0. The molecule has 0 unspecified atom stereocenters. The van der Waals surface area contributed by atoms with Crippen molar-refractivity contribution in [3.05, 3.63) is 29.8 Å². The molecular weight excluding hydrogens is 357 g/mol. The molecule has 1 aliphatic rings. The van der Waals surface area contributed by atoms with E-state index in [0.717, 1.165) is 24.2 Å². The van der Waals surface area contributed by atoms with E-state index in [2.05, 4.69) is 10.2 Å². The molecule has 144 valence electrons. The van der Waals surface area contributed by atoms with Gasteiger partial charge in [-0.1, -0.05) is 31.0 Å². The van der Waals surface area contributed by atoms with Crippen molar-refractivity contribution in [2.75, 3.05) is 31.9 Å². The third kappa shape index (κ3) is 9.93. The summed E-state index contributed by atoms with van der Waals surface area (Å²) >= 11 is 0. The Morgan fingerprint density at radius 2 is 1.76 bits per heavy atom. The van der Waals surface area contributed by atoms with Crippen LogP contribution in [-0.2, 0) is 11.2 Å². The highest BCUT2D eigenvalue weighted by Gasteiger charge is 2.09. The maximum Gasteiger partial charge on any atom is 0.220 e. The maximum atomic E-state index is 11.8. The summed E-state index contributed by atoms with van der Waals surface area (Å²) in [5, 5.41) is 3.02. The smallest absolute Gasteiger partial charge is 0.220 e. The lowest BCUT2D eigenvalue weighted by Crippen LogP contribution is -2.30. The Morgan fingerprint density at radius 1 is 1.04 bits per heavy atom. The summed E-state index contributed by atoms with van der Waals surface area (Å²) in [5.41, 5.74) is 7.72. The lowest BCUT2D eigenvalue weighted by Gasteiger charge is -2.26. The van der Waals surface area contributed by atoms with Crippen LogP contribution in [0, 0.1) is 0 Å². The van der Waals surface area contributed by atoms with Gasteiger partial charge in [0.15, 0.2) is 0 Å². The van der Waals surface area contributed by atoms with Gasteiger partial charge in [0.25, 0.3) is 0 Å². The Balaban J connectivity index is 0.00000288. The van der Waals surface area contributed by atoms with Gasteiger partial charge in [0.2, 0.25) is 5.91 Å². The molecule has 0 aromatic heterocycles. The van der Waals surface area contributed by atoms with Crippen LogP contribution in [0.2, 0.25) is 0 Å². The lowest BCUT2D eigenvalue weighted by atomic mass is 10.1. The topological polar surface area (TPSA) is 58.4 Å². The fourth-order valence-electron chi connectivity index (χ4n) is 3.15. The number of benzene rings is 1. The summed E-state index contributed by atoms with van der Waals surface area (Å²) in [6.45, 7) is 4.57. The number of halogens is 2. The van der Waals surface area contributed by atoms with Crippen LogP contribution < -0.4 is 11.1 Å². The molecule has 3 N–H and O–H groups in total. The Morgan fingerprint density at radius 3 is 2.48 bits per heavy atom. The molecule has 4 nitrogen and oxygen atoms in total. The number of hydrogen-bond acceptors (Lipinski definition) is 3. The van der Waals surface area contributed by atoms with Gasteiger partial charge in [-0.25, -0.2) is 0 Å². The molecule has 0 spiro atoms. The molecule has 25 heavy (non-hydrogen) atoms. The van der Waals surface area contributed by atoms with Gasteiger partial charge in [-0.2, -0.15) is 0 Å². The Labute approximate surface area is 164 Å². The second kappa shape index (κ2) is 14.2. The average Bonchev–Trinajstić information content (AvgIpc) is 2.58. The first kappa shape index (κ1) is 24.0. The number of carbonyl (C=O) groups excluding carboxylic acids is 1. The van der Waals surface area contributed by atoms with Crippen molar-refractivity contribution in [3.63, 3.8) is 0 Å². The number of anilines is 1. The lowest BCUT2D eigenvalue weighted by molar-refractivity contribution is -0.121. The molecule has 0 atom stereocenters. The molecule has 0 saturated carbocycles. The summed E-state index contributed by atoms with van der Waals surface area (Å²) in [6, 6.07) is 7.76. The van der Waals surface area contributed by atoms with Gasteiger partial charge in [0, 0.05) is 18.7 Å². The first-order valence-corrected chi connectivity index (χ1v) is 9.08. The highest BCUT2D eigenvalue weighted by atomic mass is 35.5. The molecular formula is C19H33Cl2N3O. The van der Waals surface area contributed by atoms with Crippen LogP contribution in [0.15, 0.2) is 24.3 Å². The number of piperidine rings is 1. The number of likely N-dealkylation sites (tertiary alicyclic amines) is 1. The van der Waals surface area contributed by atoms with Crippen LogP contribution in [0.4, 0.5) is 5.69 Å². The number of hydrogen-bond donors (Lipinski definition) is 2. The van der Waals surface area contributed by atoms with E-state index >= 15 is 0 Å². The zero-order chi connectivity index (χ0) is 16.3. The van der Waals surface area contributed by atoms with Crippen molar-refractivity contribution < 1.29 is 4.79 Å². The molecule has 1 amide bonds. The summed E-state index contributed by atoms with van der Waals surface area (Å²) in [5.74, 6) is 0.129. The van der Waals surface area contributed by atoms with Gasteiger partial charge < -0.3 is 16.0 Å². The number of amides is 1. The molecule has 1 fully saturated rings. The minimum atomic E-state index is 0. The van der Waals surface area contributed by atoms with Crippen molar-refractivity contribution >= 4 is 36.4 Å². The van der Waals surface area contributed by atoms with Crippen molar-refractivity contribution in [2.24, 2.45) is 0 Å². The molecule has 0 radical (unpaired) electrons. The van der Waals surface area contributed by atoms with Crippen molar-refractivity contribution in [2.45, 2.75) is 51.4 Å². The number of para-hydroxylation sites is 1. The van der Waals surface area contributed by atoms with Gasteiger partial charge in [0.1, 0.15) is 0 Å². The quantitative estimate of drug-likeness (QED) is 0.498. The molecule has 1 saturated heterocycles. The fraction of sp³-hybridized carbons (Fsp3) is 0.632. The van der Waals surface area contributed by atoms with Crippen molar-refractivity contribution in [1.82, 2.24) is 10.2 Å². The van der Waals surface area contributed by atoms with E-state index in [9.17, 15) is 4.79 Å². The van der Waals surface area contributed by atoms with Gasteiger partial charge in [0.05, 0.1) is 0 Å². The minimum absolute atomic E-state index is 0. The normalized spacial score (nSPS) is 14.2. The maximum absolute atomic E-state index is 11.8. The summed E-state index contributed by atoms with van der Waals surface area (Å²) in [4.78, 5) is 14.4. The SMILES string of the molecule is Cl.Cl.Nc1ccccc1CCC(=O)NCCCCCN1CCCCC1. The number of rotatable bonds is 9. The Bertz CT molecular complexity index is 479. The summed E-state index contributed by atoms with van der Waals surface area (Å²) in [7, 11) is 0. The largest absolute Gasteiger partial charge is 0.399 e. The predicted molar refractivity (Wildman–Crippen MR) is 111 cm³/mol. The zero-order valence-corrected chi connectivity index (χ0v) is 16.7. The molecule has 1 heterocycles. The second-order valence-electron chi connectivity index (χ2n) is 6.51. The molecule has 0 aliphatic carbocycles. The van der Waals surface area contributed by atoms with Crippen LogP contribution in [0.25, 0.3) is 0 Å². The summed E-state index contributed by atoms with van der Waals surface area (Å²) in [6.07, 6.45) is 8.88. The molecule has 6 heteroatoms.